The van der Waals surface area contributed by atoms with E-state index in [1.807, 2.05) is 12.2 Å². The van der Waals surface area contributed by atoms with E-state index >= 15 is 0 Å². The molecule has 2 spiro atoms. The summed E-state index contributed by atoms with van der Waals surface area (Å²) in [5.41, 5.74) is 2.44. The van der Waals surface area contributed by atoms with Gasteiger partial charge in [-0.2, -0.15) is 0 Å². The average molecular weight is 421 g/mol. The van der Waals surface area contributed by atoms with Crippen LogP contribution in [0.5, 0.6) is 0 Å². The van der Waals surface area contributed by atoms with Crippen LogP contribution in [0.2, 0.25) is 0 Å². The van der Waals surface area contributed by atoms with E-state index in [9.17, 15) is 10.2 Å². The molecule has 0 bridgehead atoms. The second-order valence-electron chi connectivity index (χ2n) is 12.0. The first-order valence-corrected chi connectivity index (χ1v) is 11.3. The molecule has 8 atom stereocenters. The Morgan fingerprint density at radius 3 is 1.23 bits per heavy atom. The van der Waals surface area contributed by atoms with E-state index < -0.39 is 48.2 Å². The number of aliphatic hydroxyl groups is 2. The van der Waals surface area contributed by atoms with Crippen LogP contribution in [0.3, 0.4) is 0 Å². The molecule has 30 heavy (non-hydrogen) atoms. The lowest BCUT2D eigenvalue weighted by molar-refractivity contribution is -0.195. The molecule has 168 valence electrons. The number of aliphatic hydroxyl groups excluding tert-OH is 2. The fourth-order valence-corrected chi connectivity index (χ4v) is 6.90. The number of fused-ring (bicyclic) bond motifs is 2. The van der Waals surface area contributed by atoms with Gasteiger partial charge in [-0.1, -0.05) is 38.8 Å². The number of ether oxygens (including phenoxy) is 4. The summed E-state index contributed by atoms with van der Waals surface area (Å²) in [6, 6.07) is 0. The number of allylic oxidation sites excluding steroid dienone is 2. The maximum Gasteiger partial charge on any atom is 0.189 e. The number of rotatable bonds is 0. The molecule has 5 aliphatic rings. The summed E-state index contributed by atoms with van der Waals surface area (Å²) in [6.07, 6.45) is 2.88. The molecule has 0 aromatic heterocycles. The first-order valence-electron chi connectivity index (χ1n) is 11.3. The summed E-state index contributed by atoms with van der Waals surface area (Å²) in [5.74, 6) is -1.83. The Hall–Kier alpha value is -0.760. The molecular weight excluding hydrogens is 384 g/mol. The lowest BCUT2D eigenvalue weighted by atomic mass is 9.75. The molecule has 2 N–H and O–H groups in total. The molecule has 3 fully saturated rings. The minimum absolute atomic E-state index is 0.0190. The van der Waals surface area contributed by atoms with Crippen LogP contribution in [0.15, 0.2) is 23.3 Å². The predicted octanol–water partition coefficient (Wildman–Crippen LogP) is 3.22. The van der Waals surface area contributed by atoms with Gasteiger partial charge in [-0.25, -0.2) is 0 Å². The van der Waals surface area contributed by atoms with Gasteiger partial charge in [0.2, 0.25) is 0 Å². The molecule has 0 amide bonds. The van der Waals surface area contributed by atoms with Gasteiger partial charge in [0.05, 0.1) is 0 Å². The van der Waals surface area contributed by atoms with Crippen LogP contribution < -0.4 is 0 Å². The minimum atomic E-state index is -0.931. The van der Waals surface area contributed by atoms with E-state index in [0.29, 0.717) is 12.8 Å². The van der Waals surface area contributed by atoms with Crippen LogP contribution in [-0.4, -0.2) is 58.4 Å². The number of hydrogen-bond acceptors (Lipinski definition) is 6. The van der Waals surface area contributed by atoms with Crippen molar-refractivity contribution >= 4 is 0 Å². The standard InChI is InChI=1S/C24H36O6/c1-13-7-21(3,4)11-23(9-13)27-17-15(25)19-20(16(26)18(17)28-23)30-24(29-19)10-14(2)8-22(5,6)12-24/h9-10,15-20,25-26H,7-8,11-12H2,1-6H3/t15-,16?,17-,18-,19+,20-,23?,24?/m0/s1. The van der Waals surface area contributed by atoms with Crippen LogP contribution in [0, 0.1) is 10.8 Å². The smallest absolute Gasteiger partial charge is 0.189 e. The highest BCUT2D eigenvalue weighted by Gasteiger charge is 2.66. The zero-order valence-corrected chi connectivity index (χ0v) is 19.0. The maximum absolute atomic E-state index is 11.2. The largest absolute Gasteiger partial charge is 0.387 e. The van der Waals surface area contributed by atoms with Crippen molar-refractivity contribution in [3.05, 3.63) is 23.3 Å². The molecule has 2 heterocycles. The van der Waals surface area contributed by atoms with Gasteiger partial charge in [-0.15, -0.1) is 0 Å². The minimum Gasteiger partial charge on any atom is -0.387 e. The summed E-state index contributed by atoms with van der Waals surface area (Å²) < 4.78 is 25.5. The summed E-state index contributed by atoms with van der Waals surface area (Å²) in [4.78, 5) is 0. The topological polar surface area (TPSA) is 77.4 Å². The molecule has 0 radical (unpaired) electrons. The van der Waals surface area contributed by atoms with Gasteiger partial charge in [0, 0.05) is 12.8 Å². The fourth-order valence-electron chi connectivity index (χ4n) is 6.90. The Labute approximate surface area is 179 Å². The summed E-state index contributed by atoms with van der Waals surface area (Å²) in [7, 11) is 0. The third-order valence-corrected chi connectivity index (χ3v) is 7.23. The second-order valence-corrected chi connectivity index (χ2v) is 12.0. The van der Waals surface area contributed by atoms with Crippen LogP contribution >= 0.6 is 0 Å². The van der Waals surface area contributed by atoms with Crippen LogP contribution in [0.4, 0.5) is 0 Å². The van der Waals surface area contributed by atoms with E-state index in [2.05, 4.69) is 41.5 Å². The molecule has 6 nitrogen and oxygen atoms in total. The van der Waals surface area contributed by atoms with Gasteiger partial charge in [0.1, 0.15) is 36.6 Å². The quantitative estimate of drug-likeness (QED) is 0.586. The van der Waals surface area contributed by atoms with Crippen molar-refractivity contribution in [3.63, 3.8) is 0 Å². The third kappa shape index (κ3) is 3.31. The van der Waals surface area contributed by atoms with Crippen LogP contribution in [0.1, 0.15) is 67.2 Å². The van der Waals surface area contributed by atoms with E-state index in [1.165, 1.54) is 11.1 Å². The Morgan fingerprint density at radius 1 is 0.667 bits per heavy atom. The van der Waals surface area contributed by atoms with Crippen molar-refractivity contribution in [2.45, 2.75) is 115 Å². The van der Waals surface area contributed by atoms with E-state index in [4.69, 9.17) is 18.9 Å². The van der Waals surface area contributed by atoms with Crippen LogP contribution in [0.25, 0.3) is 0 Å². The first kappa shape index (κ1) is 21.1. The Morgan fingerprint density at radius 2 is 0.967 bits per heavy atom. The summed E-state index contributed by atoms with van der Waals surface area (Å²) in [5, 5.41) is 22.4. The molecule has 6 heteroatoms. The van der Waals surface area contributed by atoms with Crippen molar-refractivity contribution in [1.82, 2.24) is 0 Å². The van der Waals surface area contributed by atoms with Gasteiger partial charge < -0.3 is 29.2 Å². The molecular formula is C24H36O6. The van der Waals surface area contributed by atoms with Crippen LogP contribution in [-0.2, 0) is 18.9 Å². The highest BCUT2D eigenvalue weighted by molar-refractivity contribution is 5.21. The van der Waals surface area contributed by atoms with E-state index in [1.54, 1.807) is 0 Å². The molecule has 5 rings (SSSR count). The van der Waals surface area contributed by atoms with Crippen molar-refractivity contribution in [3.8, 4) is 0 Å². The molecule has 0 aromatic rings. The fraction of sp³-hybridized carbons (Fsp3) is 0.833. The van der Waals surface area contributed by atoms with Crippen molar-refractivity contribution in [2.75, 3.05) is 0 Å². The van der Waals surface area contributed by atoms with Gasteiger partial charge in [-0.05, 0) is 49.7 Å². The summed E-state index contributed by atoms with van der Waals surface area (Å²) in [6.45, 7) is 12.9. The first-order chi connectivity index (χ1) is 13.8. The molecule has 3 unspecified atom stereocenters. The molecule has 2 aliphatic heterocycles. The SMILES string of the molecule is CC1=CC2(CC(C)(C)C1)O[C@@H]1[C@@H](O)[C@@H]3OC4(C=C(C)CC(C)(C)C4)O[C@H]3C(O)[C@@H]1O2. The van der Waals surface area contributed by atoms with E-state index in [0.717, 1.165) is 12.8 Å². The van der Waals surface area contributed by atoms with Gasteiger partial charge >= 0.3 is 0 Å². The predicted molar refractivity (Wildman–Crippen MR) is 111 cm³/mol. The van der Waals surface area contributed by atoms with Gasteiger partial charge in [0.15, 0.2) is 11.6 Å². The van der Waals surface area contributed by atoms with Crippen molar-refractivity contribution in [1.29, 1.82) is 0 Å². The molecule has 1 saturated carbocycles. The van der Waals surface area contributed by atoms with Crippen molar-refractivity contribution in [2.24, 2.45) is 10.8 Å². The maximum atomic E-state index is 11.2. The lowest BCUT2D eigenvalue weighted by Crippen LogP contribution is -2.61. The Kier molecular flexibility index (Phi) is 4.50. The number of hydrogen-bond donors (Lipinski definition) is 2. The molecule has 0 aromatic carbocycles. The molecule has 3 aliphatic carbocycles. The average Bonchev–Trinajstić information content (AvgIpc) is 3.08. The third-order valence-electron chi connectivity index (χ3n) is 7.23. The zero-order valence-electron chi connectivity index (χ0n) is 19.0. The van der Waals surface area contributed by atoms with Gasteiger partial charge in [-0.3, -0.25) is 0 Å². The summed E-state index contributed by atoms with van der Waals surface area (Å²) >= 11 is 0. The monoisotopic (exact) mass is 420 g/mol. The lowest BCUT2D eigenvalue weighted by Gasteiger charge is -2.40. The Balaban J connectivity index is 1.43. The highest BCUT2D eigenvalue weighted by atomic mass is 16.8. The zero-order chi connectivity index (χ0) is 21.7. The van der Waals surface area contributed by atoms with Gasteiger partial charge in [0.25, 0.3) is 0 Å². The molecule has 2 saturated heterocycles. The highest BCUT2D eigenvalue weighted by Crippen LogP contribution is 2.53. The van der Waals surface area contributed by atoms with Crippen molar-refractivity contribution < 1.29 is 29.2 Å². The van der Waals surface area contributed by atoms with E-state index in [-0.39, 0.29) is 10.8 Å². The Bertz CT molecular complexity index is 706. The second kappa shape index (κ2) is 6.40. The normalized spacial score (nSPS) is 51.5.